The summed E-state index contributed by atoms with van der Waals surface area (Å²) in [6.07, 6.45) is 0. The SMILES string of the molecule is CN1CCNCC1c1noc(-c2cccc(Oc3ccccc3)c2)n1.Cl. The van der Waals surface area contributed by atoms with Crippen LogP contribution in [0.2, 0.25) is 0 Å². The van der Waals surface area contributed by atoms with Crippen molar-refractivity contribution in [3.63, 3.8) is 0 Å². The van der Waals surface area contributed by atoms with E-state index in [0.29, 0.717) is 11.7 Å². The van der Waals surface area contributed by atoms with Crippen LogP contribution in [0.4, 0.5) is 0 Å². The maximum Gasteiger partial charge on any atom is 0.258 e. The van der Waals surface area contributed by atoms with Crippen molar-refractivity contribution in [2.75, 3.05) is 26.7 Å². The summed E-state index contributed by atoms with van der Waals surface area (Å²) in [5, 5.41) is 7.54. The Morgan fingerprint density at radius 2 is 1.92 bits per heavy atom. The predicted molar refractivity (Wildman–Crippen MR) is 102 cm³/mol. The van der Waals surface area contributed by atoms with Crippen LogP contribution in [0.1, 0.15) is 11.9 Å². The highest BCUT2D eigenvalue weighted by molar-refractivity contribution is 5.85. The molecule has 0 radical (unpaired) electrons. The third-order valence-corrected chi connectivity index (χ3v) is 4.31. The molecule has 0 bridgehead atoms. The molecule has 136 valence electrons. The lowest BCUT2D eigenvalue weighted by atomic mass is 10.2. The van der Waals surface area contributed by atoms with Crippen LogP contribution in [-0.4, -0.2) is 41.7 Å². The minimum absolute atomic E-state index is 0. The molecule has 7 heteroatoms. The zero-order chi connectivity index (χ0) is 17.1. The van der Waals surface area contributed by atoms with E-state index in [2.05, 4.69) is 27.4 Å². The lowest BCUT2D eigenvalue weighted by molar-refractivity contribution is 0.190. The van der Waals surface area contributed by atoms with E-state index in [1.165, 1.54) is 0 Å². The van der Waals surface area contributed by atoms with Crippen molar-refractivity contribution in [1.29, 1.82) is 0 Å². The Bertz CT molecular complexity index is 840. The van der Waals surface area contributed by atoms with E-state index in [4.69, 9.17) is 9.26 Å². The van der Waals surface area contributed by atoms with Gasteiger partial charge in [-0.2, -0.15) is 4.98 Å². The quantitative estimate of drug-likeness (QED) is 0.756. The summed E-state index contributed by atoms with van der Waals surface area (Å²) in [7, 11) is 2.08. The Labute approximate surface area is 158 Å². The normalized spacial score (nSPS) is 17.5. The Hall–Kier alpha value is -2.41. The lowest BCUT2D eigenvalue weighted by Crippen LogP contribution is -2.44. The summed E-state index contributed by atoms with van der Waals surface area (Å²) in [6.45, 7) is 2.78. The first kappa shape index (κ1) is 18.4. The summed E-state index contributed by atoms with van der Waals surface area (Å²) in [5.74, 6) is 2.74. The van der Waals surface area contributed by atoms with Gasteiger partial charge < -0.3 is 14.6 Å². The number of nitrogens with zero attached hydrogens (tertiary/aromatic N) is 3. The maximum absolute atomic E-state index is 5.87. The molecule has 1 saturated heterocycles. The number of hydrogen-bond acceptors (Lipinski definition) is 6. The second-order valence-electron chi connectivity index (χ2n) is 6.10. The molecule has 4 rings (SSSR count). The molecule has 1 aliphatic heterocycles. The molecule has 0 amide bonds. The molecule has 26 heavy (non-hydrogen) atoms. The van der Waals surface area contributed by atoms with Gasteiger partial charge in [-0.25, -0.2) is 0 Å². The van der Waals surface area contributed by atoms with Gasteiger partial charge in [0.15, 0.2) is 5.82 Å². The zero-order valence-electron chi connectivity index (χ0n) is 14.5. The number of likely N-dealkylation sites (N-methyl/N-ethyl adjacent to an activating group) is 1. The number of rotatable bonds is 4. The number of ether oxygens (including phenoxy) is 1. The van der Waals surface area contributed by atoms with E-state index in [1.807, 2.05) is 54.6 Å². The van der Waals surface area contributed by atoms with Crippen LogP contribution in [0.5, 0.6) is 11.5 Å². The van der Waals surface area contributed by atoms with Crippen molar-refractivity contribution in [2.45, 2.75) is 6.04 Å². The molecule has 2 aromatic carbocycles. The molecule has 2 heterocycles. The highest BCUT2D eigenvalue weighted by atomic mass is 35.5. The number of piperazine rings is 1. The third-order valence-electron chi connectivity index (χ3n) is 4.31. The van der Waals surface area contributed by atoms with Crippen LogP contribution in [-0.2, 0) is 0 Å². The molecule has 0 spiro atoms. The summed E-state index contributed by atoms with van der Waals surface area (Å²) in [5.41, 5.74) is 0.846. The smallest absolute Gasteiger partial charge is 0.258 e. The summed E-state index contributed by atoms with van der Waals surface area (Å²) in [4.78, 5) is 6.82. The minimum atomic E-state index is 0. The van der Waals surface area contributed by atoms with E-state index >= 15 is 0 Å². The Kier molecular flexibility index (Phi) is 5.88. The Morgan fingerprint density at radius 1 is 1.12 bits per heavy atom. The highest BCUT2D eigenvalue weighted by Crippen LogP contribution is 2.27. The van der Waals surface area contributed by atoms with Gasteiger partial charge >= 0.3 is 0 Å². The van der Waals surface area contributed by atoms with Crippen molar-refractivity contribution in [2.24, 2.45) is 0 Å². The minimum Gasteiger partial charge on any atom is -0.457 e. The summed E-state index contributed by atoms with van der Waals surface area (Å²) in [6, 6.07) is 17.5. The first-order valence-corrected chi connectivity index (χ1v) is 8.37. The van der Waals surface area contributed by atoms with Crippen LogP contribution in [0.15, 0.2) is 59.1 Å². The monoisotopic (exact) mass is 372 g/mol. The van der Waals surface area contributed by atoms with Gasteiger partial charge in [0.25, 0.3) is 5.89 Å². The van der Waals surface area contributed by atoms with Gasteiger partial charge in [0.2, 0.25) is 0 Å². The molecule has 6 nitrogen and oxygen atoms in total. The summed E-state index contributed by atoms with van der Waals surface area (Å²) < 4.78 is 11.4. The molecule has 1 aromatic heterocycles. The Balaban J connectivity index is 0.00000196. The molecule has 1 N–H and O–H groups in total. The van der Waals surface area contributed by atoms with Gasteiger partial charge in [-0.1, -0.05) is 29.4 Å². The fourth-order valence-electron chi connectivity index (χ4n) is 2.90. The van der Waals surface area contributed by atoms with E-state index in [1.54, 1.807) is 0 Å². The fourth-order valence-corrected chi connectivity index (χ4v) is 2.90. The third kappa shape index (κ3) is 4.04. The molecule has 1 atom stereocenters. The largest absolute Gasteiger partial charge is 0.457 e. The number of aromatic nitrogens is 2. The second-order valence-corrected chi connectivity index (χ2v) is 6.10. The van der Waals surface area contributed by atoms with Crippen molar-refractivity contribution in [3.05, 3.63) is 60.4 Å². The zero-order valence-corrected chi connectivity index (χ0v) is 15.3. The van der Waals surface area contributed by atoms with E-state index in [9.17, 15) is 0 Å². The van der Waals surface area contributed by atoms with Gasteiger partial charge in [-0.3, -0.25) is 4.90 Å². The number of hydrogen-bond donors (Lipinski definition) is 1. The molecule has 1 aliphatic rings. The second kappa shape index (κ2) is 8.31. The van der Waals surface area contributed by atoms with Crippen LogP contribution in [0.25, 0.3) is 11.5 Å². The topological polar surface area (TPSA) is 63.4 Å². The van der Waals surface area contributed by atoms with E-state index < -0.39 is 0 Å². The van der Waals surface area contributed by atoms with Crippen molar-refractivity contribution >= 4 is 12.4 Å². The van der Waals surface area contributed by atoms with E-state index in [0.717, 1.165) is 36.7 Å². The first-order chi connectivity index (χ1) is 12.3. The highest BCUT2D eigenvalue weighted by Gasteiger charge is 2.25. The molecular weight excluding hydrogens is 352 g/mol. The van der Waals surface area contributed by atoms with Crippen LogP contribution in [0, 0.1) is 0 Å². The van der Waals surface area contributed by atoms with Crippen LogP contribution >= 0.6 is 12.4 Å². The maximum atomic E-state index is 5.87. The molecule has 0 aliphatic carbocycles. The Morgan fingerprint density at radius 3 is 2.73 bits per heavy atom. The van der Waals surface area contributed by atoms with Gasteiger partial charge in [0.05, 0.1) is 6.04 Å². The summed E-state index contributed by atoms with van der Waals surface area (Å²) >= 11 is 0. The molecule has 1 fully saturated rings. The first-order valence-electron chi connectivity index (χ1n) is 8.37. The lowest BCUT2D eigenvalue weighted by Gasteiger charge is -2.30. The van der Waals surface area contributed by atoms with Crippen molar-refractivity contribution in [3.8, 4) is 23.0 Å². The number of halogens is 1. The molecule has 3 aromatic rings. The molecule has 1 unspecified atom stereocenters. The standard InChI is InChI=1S/C19H20N4O2.ClH/c1-23-11-10-20-13-17(23)18-21-19(25-22-18)14-6-5-9-16(12-14)24-15-7-3-2-4-8-15;/h2-9,12,17,20H,10-11,13H2,1H3;1H. The molecule has 0 saturated carbocycles. The van der Waals surface area contributed by atoms with Gasteiger partial charge in [-0.15, -0.1) is 12.4 Å². The van der Waals surface area contributed by atoms with Gasteiger partial charge in [0.1, 0.15) is 11.5 Å². The average molecular weight is 373 g/mol. The number of nitrogens with one attached hydrogen (secondary N) is 1. The predicted octanol–water partition coefficient (Wildman–Crippen LogP) is 3.53. The van der Waals surface area contributed by atoms with Crippen LogP contribution in [0.3, 0.4) is 0 Å². The number of para-hydroxylation sites is 1. The number of benzene rings is 2. The van der Waals surface area contributed by atoms with Gasteiger partial charge in [0, 0.05) is 25.2 Å². The molecular formula is C19H21ClN4O2. The van der Waals surface area contributed by atoms with Crippen molar-refractivity contribution in [1.82, 2.24) is 20.4 Å². The van der Waals surface area contributed by atoms with Crippen molar-refractivity contribution < 1.29 is 9.26 Å². The fraction of sp³-hybridized carbons (Fsp3) is 0.263. The van der Waals surface area contributed by atoms with E-state index in [-0.39, 0.29) is 18.4 Å². The van der Waals surface area contributed by atoms with Crippen LogP contribution < -0.4 is 10.1 Å². The van der Waals surface area contributed by atoms with Gasteiger partial charge in [-0.05, 0) is 37.4 Å². The average Bonchev–Trinajstić information content (AvgIpc) is 3.13.